The molecule has 2 unspecified atom stereocenters. The fraction of sp³-hybridized carbons (Fsp3) is 0.462. The Bertz CT molecular complexity index is 923. The zero-order valence-electron chi connectivity index (χ0n) is 14.4. The highest BCUT2D eigenvalue weighted by atomic mass is 31.2. The minimum atomic E-state index is -4.72. The average molecular weight is 434 g/mol. The summed E-state index contributed by atoms with van der Waals surface area (Å²) >= 11 is 0. The zero-order valence-corrected chi connectivity index (χ0v) is 16.2. The summed E-state index contributed by atoms with van der Waals surface area (Å²) in [4.78, 5) is 30.3. The summed E-state index contributed by atoms with van der Waals surface area (Å²) in [6.45, 7) is 3.37. The van der Waals surface area contributed by atoms with Crippen molar-refractivity contribution in [3.63, 3.8) is 0 Å². The van der Waals surface area contributed by atoms with Crippen molar-refractivity contribution in [2.45, 2.75) is 24.9 Å². The van der Waals surface area contributed by atoms with E-state index in [1.54, 1.807) is 10.6 Å². The smallest absolute Gasteiger partial charge is 0.382 e. The van der Waals surface area contributed by atoms with Crippen LogP contribution in [0.2, 0.25) is 0 Å². The van der Waals surface area contributed by atoms with E-state index in [1.807, 2.05) is 0 Å². The van der Waals surface area contributed by atoms with Crippen LogP contribution in [0.5, 0.6) is 0 Å². The molecule has 28 heavy (non-hydrogen) atoms. The lowest BCUT2D eigenvalue weighted by molar-refractivity contribution is -0.0548. The van der Waals surface area contributed by atoms with E-state index in [-0.39, 0.29) is 12.4 Å². The van der Waals surface area contributed by atoms with E-state index in [1.165, 1.54) is 12.7 Å². The van der Waals surface area contributed by atoms with Gasteiger partial charge in [0, 0.05) is 11.0 Å². The highest BCUT2D eigenvalue weighted by Gasteiger charge is 2.41. The van der Waals surface area contributed by atoms with Crippen molar-refractivity contribution in [2.75, 3.05) is 18.9 Å². The number of hydrogen-bond acceptors (Lipinski definition) is 10. The number of nitrogens with two attached hydrogens (primary N) is 1. The molecule has 1 fully saturated rings. The fourth-order valence-corrected chi connectivity index (χ4v) is 3.98. The van der Waals surface area contributed by atoms with Crippen molar-refractivity contribution < 1.29 is 37.2 Å². The van der Waals surface area contributed by atoms with Gasteiger partial charge in [0.1, 0.15) is 24.2 Å². The van der Waals surface area contributed by atoms with Crippen molar-refractivity contribution in [1.82, 2.24) is 19.5 Å². The Hall–Kier alpha value is -1.82. The molecule has 0 spiro atoms. The number of aromatic nitrogens is 4. The van der Waals surface area contributed by atoms with Crippen LogP contribution in [0.1, 0.15) is 12.6 Å². The highest BCUT2D eigenvalue weighted by Crippen LogP contribution is 2.51. The van der Waals surface area contributed by atoms with Gasteiger partial charge >= 0.3 is 16.1 Å². The molecule has 1 aliphatic heterocycles. The predicted octanol–water partition coefficient (Wildman–Crippen LogP) is 1.05. The molecule has 0 saturated carbocycles. The third-order valence-corrected chi connectivity index (χ3v) is 5.74. The summed E-state index contributed by atoms with van der Waals surface area (Å²) in [5.74, 6) is 0.220. The van der Waals surface area contributed by atoms with Crippen LogP contribution in [0, 0.1) is 0 Å². The molecule has 4 N–H and O–H groups in total. The Morgan fingerprint density at radius 3 is 3.00 bits per heavy atom. The molecule has 1 saturated heterocycles. The molecule has 13 nitrogen and oxygen atoms in total. The third-order valence-electron chi connectivity index (χ3n) is 3.88. The molecular formula is C13H18N5O8P2+. The Balaban J connectivity index is 1.76. The number of ether oxygens (including phenoxy) is 2. The number of hydrogen-bond donors (Lipinski definition) is 3. The summed E-state index contributed by atoms with van der Waals surface area (Å²) in [7, 11) is -8.03. The SMILES string of the molecule is C=CCO[C@@H]1C[C@H](n2cnc3c(N)ncnc32)O[C@@H]1COP(=O)(O)O[P+](=O)O. The van der Waals surface area contributed by atoms with E-state index in [4.69, 9.17) is 24.6 Å². The molecule has 3 rings (SSSR count). The first kappa shape index (κ1) is 20.9. The van der Waals surface area contributed by atoms with Gasteiger partial charge in [0.25, 0.3) is 0 Å². The Kier molecular flexibility index (Phi) is 6.48. The standard InChI is InChI=1S/C13H17N5O8P2/c1-2-3-23-8-4-10(18-7-17-11-12(14)15-6-16-13(11)18)25-9(8)5-24-28(21,22)26-27(19)20/h2,6-10H,1,3-5H2,(H3-,14,15,16,19,20,21,22)/p+1/t8-,9-,10-/m1/s1. The zero-order chi connectivity index (χ0) is 20.3. The summed E-state index contributed by atoms with van der Waals surface area (Å²) in [5.41, 5.74) is 6.65. The van der Waals surface area contributed by atoms with Gasteiger partial charge in [-0.05, 0) is 4.31 Å². The monoisotopic (exact) mass is 434 g/mol. The van der Waals surface area contributed by atoms with E-state index >= 15 is 0 Å². The first-order valence-corrected chi connectivity index (χ1v) is 10.6. The van der Waals surface area contributed by atoms with Gasteiger partial charge in [-0.1, -0.05) is 6.08 Å². The van der Waals surface area contributed by atoms with E-state index in [2.05, 4.69) is 25.8 Å². The van der Waals surface area contributed by atoms with Crippen molar-refractivity contribution in [3.8, 4) is 0 Å². The summed E-state index contributed by atoms with van der Waals surface area (Å²) in [6, 6.07) is 0. The maximum atomic E-state index is 11.6. The third kappa shape index (κ3) is 4.77. The lowest BCUT2D eigenvalue weighted by atomic mass is 10.2. The summed E-state index contributed by atoms with van der Waals surface area (Å²) in [5, 5.41) is 0. The number of phosphoric acid groups is 1. The molecule has 5 atom stereocenters. The van der Waals surface area contributed by atoms with E-state index in [0.717, 1.165) is 0 Å². The van der Waals surface area contributed by atoms with Gasteiger partial charge in [0.05, 0.1) is 25.6 Å². The maximum Gasteiger partial charge on any atom is 0.705 e. The van der Waals surface area contributed by atoms with Crippen LogP contribution < -0.4 is 5.73 Å². The van der Waals surface area contributed by atoms with Crippen LogP contribution in [-0.2, 0) is 27.4 Å². The number of anilines is 1. The molecule has 1 aliphatic rings. The quantitative estimate of drug-likeness (QED) is 0.377. The average Bonchev–Trinajstić information content (AvgIpc) is 3.21. The van der Waals surface area contributed by atoms with Crippen LogP contribution in [-0.4, -0.2) is 54.7 Å². The lowest BCUT2D eigenvalue weighted by Gasteiger charge is -2.18. The minimum absolute atomic E-state index is 0.215. The van der Waals surface area contributed by atoms with E-state index < -0.39 is 41.1 Å². The van der Waals surface area contributed by atoms with Crippen LogP contribution in [0.4, 0.5) is 5.82 Å². The summed E-state index contributed by atoms with van der Waals surface area (Å²) in [6.07, 6.45) is 2.81. The molecular weight excluding hydrogens is 416 g/mol. The minimum Gasteiger partial charge on any atom is -0.382 e. The number of nitrogens with zero attached hydrogens (tertiary/aromatic N) is 4. The Labute approximate surface area is 159 Å². The van der Waals surface area contributed by atoms with E-state index in [0.29, 0.717) is 17.6 Å². The summed E-state index contributed by atoms with van der Waals surface area (Å²) < 4.78 is 44.1. The fourth-order valence-electron chi connectivity index (χ4n) is 2.75. The molecule has 2 aromatic rings. The van der Waals surface area contributed by atoms with Crippen molar-refractivity contribution >= 4 is 33.1 Å². The first-order chi connectivity index (χ1) is 13.3. The maximum absolute atomic E-state index is 11.6. The van der Waals surface area contributed by atoms with Gasteiger partial charge in [0.2, 0.25) is 0 Å². The van der Waals surface area contributed by atoms with Crippen molar-refractivity contribution in [3.05, 3.63) is 25.3 Å². The van der Waals surface area contributed by atoms with Crippen molar-refractivity contribution in [2.24, 2.45) is 0 Å². The first-order valence-electron chi connectivity index (χ1n) is 7.95. The largest absolute Gasteiger partial charge is 0.705 e. The molecule has 0 aromatic carbocycles. The van der Waals surface area contributed by atoms with Crippen LogP contribution in [0.3, 0.4) is 0 Å². The van der Waals surface area contributed by atoms with Gasteiger partial charge in [-0.15, -0.1) is 11.5 Å². The van der Waals surface area contributed by atoms with E-state index in [9.17, 15) is 14.0 Å². The van der Waals surface area contributed by atoms with Crippen LogP contribution in [0.25, 0.3) is 11.2 Å². The molecule has 152 valence electrons. The Morgan fingerprint density at radius 1 is 1.50 bits per heavy atom. The number of rotatable bonds is 9. The normalized spacial score (nSPS) is 24.9. The molecule has 0 aliphatic carbocycles. The predicted molar refractivity (Wildman–Crippen MR) is 94.9 cm³/mol. The molecule has 0 radical (unpaired) electrons. The number of nitrogen functional groups attached to an aromatic ring is 1. The highest BCUT2D eigenvalue weighted by molar-refractivity contribution is 7.55. The Morgan fingerprint density at radius 2 is 2.29 bits per heavy atom. The number of fused-ring (bicyclic) bond motifs is 1. The number of imidazole rings is 1. The van der Waals surface area contributed by atoms with Gasteiger partial charge in [-0.2, -0.15) is 0 Å². The van der Waals surface area contributed by atoms with Crippen LogP contribution in [0.15, 0.2) is 25.3 Å². The van der Waals surface area contributed by atoms with Gasteiger partial charge in [0.15, 0.2) is 11.5 Å². The topological polar surface area (TPSA) is 181 Å². The van der Waals surface area contributed by atoms with Gasteiger partial charge in [-0.25, -0.2) is 19.5 Å². The van der Waals surface area contributed by atoms with Gasteiger partial charge in [-0.3, -0.25) is 14.0 Å². The molecule has 3 heterocycles. The molecule has 0 bridgehead atoms. The molecule has 0 amide bonds. The second kappa shape index (κ2) is 8.68. The van der Waals surface area contributed by atoms with Gasteiger partial charge < -0.3 is 15.2 Å². The second-order valence-corrected chi connectivity index (χ2v) is 8.02. The van der Waals surface area contributed by atoms with Crippen molar-refractivity contribution in [1.29, 1.82) is 0 Å². The number of phosphoric ester groups is 1. The van der Waals surface area contributed by atoms with Crippen LogP contribution >= 0.6 is 16.1 Å². The second-order valence-electron chi connectivity index (χ2n) is 5.69. The molecule has 2 aromatic heterocycles. The lowest BCUT2D eigenvalue weighted by Crippen LogP contribution is -2.29. The molecule has 15 heteroatoms.